The van der Waals surface area contributed by atoms with Crippen molar-refractivity contribution in [3.05, 3.63) is 22.9 Å². The Balaban J connectivity index is 2.94. The fraction of sp³-hybridized carbons (Fsp3) is 0. The molecule has 0 atom stereocenters. The van der Waals surface area contributed by atoms with Gasteiger partial charge in [0.15, 0.2) is 0 Å². The zero-order valence-corrected chi connectivity index (χ0v) is 7.12. The van der Waals surface area contributed by atoms with Gasteiger partial charge in [0.1, 0.15) is 4.60 Å². The average molecular weight is 213 g/mol. The maximum atomic E-state index is 5.63. The zero-order valence-electron chi connectivity index (χ0n) is 5.53. The molecule has 0 aliphatic heterocycles. The van der Waals surface area contributed by atoms with E-state index in [2.05, 4.69) is 26.2 Å². The monoisotopic (exact) mass is 212 g/mol. The smallest absolute Gasteiger partial charge is 0.110 e. The first kappa shape index (κ1) is 6.60. The number of aromatic nitrogens is 3. The van der Waals surface area contributed by atoms with Gasteiger partial charge in [0.05, 0.1) is 17.4 Å². The van der Waals surface area contributed by atoms with Crippen LogP contribution in [0, 0.1) is 0 Å². The number of anilines is 1. The van der Waals surface area contributed by atoms with Crippen molar-refractivity contribution in [3.63, 3.8) is 0 Å². The number of fused-ring (bicyclic) bond motifs is 1. The second-order valence-corrected chi connectivity index (χ2v) is 2.95. The van der Waals surface area contributed by atoms with Crippen molar-refractivity contribution in [1.29, 1.82) is 0 Å². The van der Waals surface area contributed by atoms with Crippen molar-refractivity contribution in [1.82, 2.24) is 14.8 Å². The van der Waals surface area contributed by atoms with E-state index in [1.54, 1.807) is 4.52 Å². The Morgan fingerprint density at radius 2 is 2.27 bits per heavy atom. The van der Waals surface area contributed by atoms with Crippen LogP contribution in [0.3, 0.4) is 0 Å². The topological polar surface area (TPSA) is 56.2 Å². The largest absolute Gasteiger partial charge is 0.396 e. The Labute approximate surface area is 71.1 Å². The van der Waals surface area contributed by atoms with Gasteiger partial charge < -0.3 is 5.73 Å². The molecule has 0 saturated carbocycles. The molecule has 0 radical (unpaired) electrons. The summed E-state index contributed by atoms with van der Waals surface area (Å²) in [4.78, 5) is 0. The number of hydrogen-bond acceptors (Lipinski definition) is 3. The number of nitrogens with two attached hydrogens (primary N) is 1. The third-order valence-electron chi connectivity index (χ3n) is 1.44. The van der Waals surface area contributed by atoms with Gasteiger partial charge in [0.2, 0.25) is 0 Å². The molecule has 2 N–H and O–H groups in total. The molecule has 0 aromatic carbocycles. The minimum atomic E-state index is 0.630. The standard InChI is InChI=1S/C6H5BrN4/c7-6-2-1-5-4(8)3-9-10-11(5)6/h1-3H,8H2. The maximum absolute atomic E-state index is 5.63. The van der Waals surface area contributed by atoms with Gasteiger partial charge in [-0.3, -0.25) is 0 Å². The lowest BCUT2D eigenvalue weighted by atomic mass is 10.4. The van der Waals surface area contributed by atoms with Gasteiger partial charge in [-0.1, -0.05) is 5.21 Å². The molecule has 56 valence electrons. The normalized spacial score (nSPS) is 10.6. The number of nitrogens with zero attached hydrogens (tertiary/aromatic N) is 3. The van der Waals surface area contributed by atoms with Crippen molar-refractivity contribution in [2.45, 2.75) is 0 Å². The molecule has 0 saturated heterocycles. The van der Waals surface area contributed by atoms with Crippen LogP contribution >= 0.6 is 15.9 Å². The zero-order chi connectivity index (χ0) is 7.84. The van der Waals surface area contributed by atoms with Crippen molar-refractivity contribution >= 4 is 27.1 Å². The Bertz CT molecular complexity index is 394. The third kappa shape index (κ3) is 0.883. The van der Waals surface area contributed by atoms with E-state index in [1.165, 1.54) is 6.20 Å². The predicted molar refractivity (Wildman–Crippen MR) is 45.1 cm³/mol. The highest BCUT2D eigenvalue weighted by Gasteiger charge is 2.01. The highest BCUT2D eigenvalue weighted by Crippen LogP contribution is 2.17. The molecule has 2 rings (SSSR count). The Hall–Kier alpha value is -1.10. The summed E-state index contributed by atoms with van der Waals surface area (Å²) in [6, 6.07) is 3.76. The fourth-order valence-electron chi connectivity index (χ4n) is 0.919. The molecule has 0 unspecified atom stereocenters. The second kappa shape index (κ2) is 2.20. The lowest BCUT2D eigenvalue weighted by molar-refractivity contribution is 0.799. The molecular formula is C6H5BrN4. The number of halogens is 1. The van der Waals surface area contributed by atoms with Crippen LogP contribution in [0.1, 0.15) is 0 Å². The van der Waals surface area contributed by atoms with E-state index in [4.69, 9.17) is 5.73 Å². The fourth-order valence-corrected chi connectivity index (χ4v) is 1.31. The van der Waals surface area contributed by atoms with Crippen LogP contribution in [-0.4, -0.2) is 14.8 Å². The maximum Gasteiger partial charge on any atom is 0.110 e. The summed E-state index contributed by atoms with van der Waals surface area (Å²) in [5.74, 6) is 0. The van der Waals surface area contributed by atoms with Gasteiger partial charge in [-0.05, 0) is 28.1 Å². The average Bonchev–Trinajstić information content (AvgIpc) is 2.35. The quantitative estimate of drug-likeness (QED) is 0.712. The van der Waals surface area contributed by atoms with E-state index in [0.717, 1.165) is 10.1 Å². The summed E-state index contributed by atoms with van der Waals surface area (Å²) >= 11 is 3.31. The van der Waals surface area contributed by atoms with Gasteiger partial charge in [-0.15, -0.1) is 5.10 Å². The van der Waals surface area contributed by atoms with E-state index in [-0.39, 0.29) is 0 Å². The molecule has 5 heteroatoms. The highest BCUT2D eigenvalue weighted by atomic mass is 79.9. The van der Waals surface area contributed by atoms with Crippen LogP contribution in [0.2, 0.25) is 0 Å². The van der Waals surface area contributed by atoms with Gasteiger partial charge in [0, 0.05) is 0 Å². The molecule has 0 amide bonds. The van der Waals surface area contributed by atoms with E-state index >= 15 is 0 Å². The first-order valence-corrected chi connectivity index (χ1v) is 3.83. The van der Waals surface area contributed by atoms with E-state index in [0.29, 0.717) is 5.69 Å². The summed E-state index contributed by atoms with van der Waals surface area (Å²) < 4.78 is 2.49. The minimum Gasteiger partial charge on any atom is -0.396 e. The highest BCUT2D eigenvalue weighted by molar-refractivity contribution is 9.10. The van der Waals surface area contributed by atoms with Crippen molar-refractivity contribution in [3.8, 4) is 0 Å². The Kier molecular flexibility index (Phi) is 1.32. The van der Waals surface area contributed by atoms with Gasteiger partial charge in [-0.25, -0.2) is 4.52 Å². The first-order valence-electron chi connectivity index (χ1n) is 3.03. The van der Waals surface area contributed by atoms with Crippen LogP contribution in [-0.2, 0) is 0 Å². The minimum absolute atomic E-state index is 0.630. The first-order chi connectivity index (χ1) is 5.29. The summed E-state index contributed by atoms with van der Waals surface area (Å²) in [7, 11) is 0. The number of rotatable bonds is 0. The predicted octanol–water partition coefficient (Wildman–Crippen LogP) is 1.07. The van der Waals surface area contributed by atoms with E-state index < -0.39 is 0 Å². The van der Waals surface area contributed by atoms with E-state index in [1.807, 2.05) is 12.1 Å². The lowest BCUT2D eigenvalue weighted by Crippen LogP contribution is -1.98. The molecule has 0 bridgehead atoms. The third-order valence-corrected chi connectivity index (χ3v) is 2.04. The SMILES string of the molecule is Nc1cnnn2c(Br)ccc12. The summed E-state index contributed by atoms with van der Waals surface area (Å²) in [6.07, 6.45) is 1.53. The summed E-state index contributed by atoms with van der Waals surface area (Å²) in [5.41, 5.74) is 7.12. The molecule has 0 spiro atoms. The molecule has 2 heterocycles. The van der Waals surface area contributed by atoms with Crippen molar-refractivity contribution in [2.75, 3.05) is 5.73 Å². The van der Waals surface area contributed by atoms with Crippen LogP contribution in [0.15, 0.2) is 22.9 Å². The van der Waals surface area contributed by atoms with Gasteiger partial charge >= 0.3 is 0 Å². The van der Waals surface area contributed by atoms with Gasteiger partial charge in [-0.2, -0.15) is 0 Å². The molecular weight excluding hydrogens is 208 g/mol. The molecule has 0 aliphatic carbocycles. The van der Waals surface area contributed by atoms with Crippen molar-refractivity contribution in [2.24, 2.45) is 0 Å². The Morgan fingerprint density at radius 1 is 1.45 bits per heavy atom. The molecule has 2 aromatic rings. The second-order valence-electron chi connectivity index (χ2n) is 2.14. The van der Waals surface area contributed by atoms with Crippen LogP contribution < -0.4 is 5.73 Å². The number of nitrogen functional groups attached to an aromatic ring is 1. The molecule has 4 nitrogen and oxygen atoms in total. The van der Waals surface area contributed by atoms with E-state index in [9.17, 15) is 0 Å². The Morgan fingerprint density at radius 3 is 3.00 bits per heavy atom. The molecule has 2 aromatic heterocycles. The van der Waals surface area contributed by atoms with Crippen LogP contribution in [0.5, 0.6) is 0 Å². The number of hydrogen-bond donors (Lipinski definition) is 1. The molecule has 0 fully saturated rings. The lowest BCUT2D eigenvalue weighted by Gasteiger charge is -1.95. The molecule has 0 aliphatic rings. The molecule has 11 heavy (non-hydrogen) atoms. The van der Waals surface area contributed by atoms with Crippen molar-refractivity contribution < 1.29 is 0 Å². The van der Waals surface area contributed by atoms with Crippen LogP contribution in [0.25, 0.3) is 5.52 Å². The summed E-state index contributed by atoms with van der Waals surface area (Å²) in [5, 5.41) is 7.54. The van der Waals surface area contributed by atoms with Crippen LogP contribution in [0.4, 0.5) is 5.69 Å². The van der Waals surface area contributed by atoms with Gasteiger partial charge in [0.25, 0.3) is 0 Å². The summed E-state index contributed by atoms with van der Waals surface area (Å²) in [6.45, 7) is 0.